The van der Waals surface area contributed by atoms with Crippen molar-refractivity contribution in [2.75, 3.05) is 0 Å². The van der Waals surface area contributed by atoms with Crippen LogP contribution in [0.3, 0.4) is 0 Å². The van der Waals surface area contributed by atoms with Gasteiger partial charge in [0.05, 0.1) is 6.10 Å². The minimum Gasteiger partial charge on any atom is -0.502 e. The van der Waals surface area contributed by atoms with Crippen molar-refractivity contribution in [3.8, 4) is 0 Å². The van der Waals surface area contributed by atoms with Crippen LogP contribution in [0.4, 0.5) is 0 Å². The zero-order valence-corrected chi connectivity index (χ0v) is 5.83. The Kier molecular flexibility index (Phi) is 2.89. The largest absolute Gasteiger partial charge is 0.502 e. The molecule has 10 heavy (non-hydrogen) atoms. The molecule has 0 amide bonds. The summed E-state index contributed by atoms with van der Waals surface area (Å²) in [5, 5.41) is 25.6. The lowest BCUT2D eigenvalue weighted by Gasteiger charge is -2.04. The molecular weight excluding hydrogens is 136 g/mol. The topological polar surface area (TPSA) is 77.8 Å². The molecule has 0 saturated carbocycles. The molecule has 0 aromatic carbocycles. The van der Waals surface area contributed by atoms with Gasteiger partial charge in [-0.1, -0.05) is 0 Å². The average Bonchev–Trinajstić information content (AvgIpc) is 1.84. The second kappa shape index (κ2) is 3.22. The molecule has 0 aliphatic heterocycles. The van der Waals surface area contributed by atoms with Crippen LogP contribution in [-0.2, 0) is 4.79 Å². The Morgan fingerprint density at radius 3 is 1.90 bits per heavy atom. The van der Waals surface area contributed by atoms with Gasteiger partial charge in [0.15, 0.2) is 0 Å². The van der Waals surface area contributed by atoms with E-state index in [2.05, 4.69) is 0 Å². The molecule has 0 radical (unpaired) electrons. The molecule has 1 unspecified atom stereocenters. The number of aliphatic carboxylic acids is 1. The number of aliphatic hydroxyl groups is 2. The van der Waals surface area contributed by atoms with E-state index in [0.29, 0.717) is 0 Å². The maximum absolute atomic E-state index is 10.0. The van der Waals surface area contributed by atoms with Crippen molar-refractivity contribution < 1.29 is 20.1 Å². The molecule has 4 heteroatoms. The maximum Gasteiger partial charge on any atom is 0.370 e. The van der Waals surface area contributed by atoms with E-state index in [4.69, 9.17) is 15.3 Å². The summed E-state index contributed by atoms with van der Waals surface area (Å²) in [6.07, 6.45) is -0.920. The highest BCUT2D eigenvalue weighted by atomic mass is 16.4. The van der Waals surface area contributed by atoms with Crippen molar-refractivity contribution in [2.24, 2.45) is 0 Å². The van der Waals surface area contributed by atoms with E-state index in [1.807, 2.05) is 0 Å². The predicted molar refractivity (Wildman–Crippen MR) is 34.6 cm³/mol. The van der Waals surface area contributed by atoms with Crippen molar-refractivity contribution in [1.82, 2.24) is 0 Å². The van der Waals surface area contributed by atoms with Gasteiger partial charge in [0, 0.05) is 5.57 Å². The molecule has 0 aliphatic carbocycles. The van der Waals surface area contributed by atoms with Crippen LogP contribution in [0.15, 0.2) is 11.3 Å². The van der Waals surface area contributed by atoms with E-state index in [0.717, 1.165) is 0 Å². The third-order valence-corrected chi connectivity index (χ3v) is 1.20. The molecule has 4 nitrogen and oxygen atoms in total. The van der Waals surface area contributed by atoms with Crippen molar-refractivity contribution in [2.45, 2.75) is 20.0 Å². The van der Waals surface area contributed by atoms with Crippen LogP contribution in [0, 0.1) is 0 Å². The first-order valence-corrected chi connectivity index (χ1v) is 2.78. The molecular formula is C6H10O4. The monoisotopic (exact) mass is 146 g/mol. The standard InChI is InChI=1S/C6H10O4/c1-3(4(2)7)5(8)6(9)10/h4,7-8H,1-2H3,(H,9,10). The Labute approximate surface area is 58.4 Å². The van der Waals surface area contributed by atoms with Crippen LogP contribution in [-0.4, -0.2) is 27.4 Å². The van der Waals surface area contributed by atoms with Crippen molar-refractivity contribution in [3.05, 3.63) is 11.3 Å². The third-order valence-electron chi connectivity index (χ3n) is 1.20. The van der Waals surface area contributed by atoms with Crippen molar-refractivity contribution in [1.29, 1.82) is 0 Å². The first kappa shape index (κ1) is 8.97. The Balaban J connectivity index is 4.50. The second-order valence-electron chi connectivity index (χ2n) is 2.01. The molecule has 3 N–H and O–H groups in total. The third kappa shape index (κ3) is 2.06. The number of hydrogen-bond acceptors (Lipinski definition) is 3. The highest BCUT2D eigenvalue weighted by Gasteiger charge is 2.11. The van der Waals surface area contributed by atoms with Gasteiger partial charge in [-0.3, -0.25) is 0 Å². The number of carboxylic acids is 1. The van der Waals surface area contributed by atoms with Crippen LogP contribution in [0.1, 0.15) is 13.8 Å². The van der Waals surface area contributed by atoms with Crippen LogP contribution in [0.5, 0.6) is 0 Å². The average molecular weight is 146 g/mol. The van der Waals surface area contributed by atoms with E-state index in [9.17, 15) is 4.79 Å². The molecule has 0 spiro atoms. The highest BCUT2D eigenvalue weighted by molar-refractivity contribution is 5.84. The normalized spacial score (nSPS) is 15.9. The minimum absolute atomic E-state index is 0.0625. The van der Waals surface area contributed by atoms with Crippen LogP contribution in [0.25, 0.3) is 0 Å². The van der Waals surface area contributed by atoms with Gasteiger partial charge < -0.3 is 15.3 Å². The van der Waals surface area contributed by atoms with E-state index < -0.39 is 17.8 Å². The number of rotatable bonds is 2. The molecule has 0 rings (SSSR count). The quantitative estimate of drug-likeness (QED) is 0.386. The molecule has 0 aromatic rings. The van der Waals surface area contributed by atoms with Gasteiger partial charge in [-0.15, -0.1) is 0 Å². The summed E-state index contributed by atoms with van der Waals surface area (Å²) in [4.78, 5) is 10.0. The van der Waals surface area contributed by atoms with Crippen molar-refractivity contribution in [3.63, 3.8) is 0 Å². The molecule has 0 bridgehead atoms. The molecule has 0 aromatic heterocycles. The van der Waals surface area contributed by atoms with Crippen LogP contribution < -0.4 is 0 Å². The first-order valence-electron chi connectivity index (χ1n) is 2.78. The summed E-state index contributed by atoms with van der Waals surface area (Å²) >= 11 is 0. The Morgan fingerprint density at radius 1 is 1.40 bits per heavy atom. The Bertz CT molecular complexity index is 169. The van der Waals surface area contributed by atoms with E-state index in [1.165, 1.54) is 13.8 Å². The summed E-state index contributed by atoms with van der Waals surface area (Å²) in [5.41, 5.74) is 0.0625. The summed E-state index contributed by atoms with van der Waals surface area (Å²) in [5.74, 6) is -2.20. The Morgan fingerprint density at radius 2 is 1.80 bits per heavy atom. The van der Waals surface area contributed by atoms with Gasteiger partial charge >= 0.3 is 5.97 Å². The lowest BCUT2D eigenvalue weighted by Crippen LogP contribution is -2.10. The van der Waals surface area contributed by atoms with E-state index in [-0.39, 0.29) is 5.57 Å². The number of carbonyl (C=O) groups is 1. The number of hydrogen-bond donors (Lipinski definition) is 3. The summed E-state index contributed by atoms with van der Waals surface area (Å²) in [6, 6.07) is 0. The molecule has 0 heterocycles. The molecule has 0 fully saturated rings. The fourth-order valence-electron chi connectivity index (χ4n) is 0.367. The van der Waals surface area contributed by atoms with Crippen LogP contribution >= 0.6 is 0 Å². The summed E-state index contributed by atoms with van der Waals surface area (Å²) in [6.45, 7) is 2.74. The fraction of sp³-hybridized carbons (Fsp3) is 0.500. The summed E-state index contributed by atoms with van der Waals surface area (Å²) < 4.78 is 0. The number of carboxylic acid groups (broad SMARTS) is 1. The first-order chi connectivity index (χ1) is 4.46. The van der Waals surface area contributed by atoms with Gasteiger partial charge in [-0.2, -0.15) is 0 Å². The van der Waals surface area contributed by atoms with Gasteiger partial charge in [0.1, 0.15) is 0 Å². The molecule has 58 valence electrons. The minimum atomic E-state index is -1.42. The fourth-order valence-corrected chi connectivity index (χ4v) is 0.367. The Hall–Kier alpha value is -1.03. The number of aliphatic hydroxyl groups excluding tert-OH is 2. The lowest BCUT2D eigenvalue weighted by molar-refractivity contribution is -0.135. The van der Waals surface area contributed by atoms with Crippen LogP contribution in [0.2, 0.25) is 0 Å². The smallest absolute Gasteiger partial charge is 0.370 e. The van der Waals surface area contributed by atoms with E-state index in [1.54, 1.807) is 0 Å². The van der Waals surface area contributed by atoms with Gasteiger partial charge in [0.2, 0.25) is 5.76 Å². The summed E-state index contributed by atoms with van der Waals surface area (Å²) in [7, 11) is 0. The van der Waals surface area contributed by atoms with Crippen molar-refractivity contribution >= 4 is 5.97 Å². The second-order valence-corrected chi connectivity index (χ2v) is 2.01. The SMILES string of the molecule is CC(=C(O)C(=O)O)C(C)O. The molecule has 0 aliphatic rings. The lowest BCUT2D eigenvalue weighted by atomic mass is 10.1. The molecule has 0 saturated heterocycles. The van der Waals surface area contributed by atoms with Gasteiger partial charge in [0.25, 0.3) is 0 Å². The highest BCUT2D eigenvalue weighted by Crippen LogP contribution is 2.05. The van der Waals surface area contributed by atoms with E-state index >= 15 is 0 Å². The zero-order chi connectivity index (χ0) is 8.31. The zero-order valence-electron chi connectivity index (χ0n) is 5.83. The predicted octanol–water partition coefficient (Wildman–Crippen LogP) is 0.284. The van der Waals surface area contributed by atoms with Gasteiger partial charge in [-0.25, -0.2) is 4.79 Å². The molecule has 1 atom stereocenters. The maximum atomic E-state index is 10.0. The van der Waals surface area contributed by atoms with Gasteiger partial charge in [-0.05, 0) is 13.8 Å².